The van der Waals surface area contributed by atoms with Gasteiger partial charge in [0.1, 0.15) is 5.78 Å². The molecule has 0 aliphatic heterocycles. The van der Waals surface area contributed by atoms with E-state index in [1.807, 2.05) is 18.4 Å². The van der Waals surface area contributed by atoms with E-state index in [4.69, 9.17) is 0 Å². The topological polar surface area (TPSA) is 78.9 Å². The predicted octanol–water partition coefficient (Wildman–Crippen LogP) is 2.33. The minimum Gasteiger partial charge on any atom is -0.325 e. The lowest BCUT2D eigenvalue weighted by molar-refractivity contribution is -0.119. The molecule has 0 aliphatic carbocycles. The van der Waals surface area contributed by atoms with Gasteiger partial charge in [-0.05, 0) is 19.3 Å². The minimum atomic E-state index is -0.364. The van der Waals surface area contributed by atoms with Gasteiger partial charge < -0.3 is 4.57 Å². The van der Waals surface area contributed by atoms with Crippen LogP contribution in [0.1, 0.15) is 59.3 Å². The Morgan fingerprint density at radius 1 is 0.960 bits per heavy atom. The predicted molar refractivity (Wildman–Crippen MR) is 98.0 cm³/mol. The molecule has 0 unspecified atom stereocenters. The zero-order chi connectivity index (χ0) is 18.4. The minimum absolute atomic E-state index is 0.0797. The summed E-state index contributed by atoms with van der Waals surface area (Å²) >= 11 is 0. The summed E-state index contributed by atoms with van der Waals surface area (Å²) in [5.41, 5.74) is 0.202. The number of hydrogen-bond acceptors (Lipinski definition) is 4. The van der Waals surface area contributed by atoms with E-state index in [2.05, 4.69) is 11.9 Å². The van der Waals surface area contributed by atoms with Crippen LogP contribution in [0.15, 0.2) is 15.9 Å². The standard InChI is InChI=1S/C18H28N4O3/c1-4-7-11-21-16-15(20(10-6-3)13-19-16)17(24)22(18(21)25)12-9-14(23)8-5-2/h13H,4-12H2,1-3H3. The number of aromatic nitrogens is 4. The molecule has 2 heterocycles. The van der Waals surface area contributed by atoms with Gasteiger partial charge in [-0.1, -0.05) is 27.2 Å². The van der Waals surface area contributed by atoms with Gasteiger partial charge in [0, 0.05) is 32.5 Å². The summed E-state index contributed by atoms with van der Waals surface area (Å²) in [7, 11) is 0. The summed E-state index contributed by atoms with van der Waals surface area (Å²) in [4.78, 5) is 41.9. The van der Waals surface area contributed by atoms with Gasteiger partial charge in [-0.15, -0.1) is 0 Å². The number of carbonyl (C=O) groups is 1. The van der Waals surface area contributed by atoms with E-state index in [1.165, 1.54) is 4.57 Å². The number of carbonyl (C=O) groups excluding carboxylic acids is 1. The van der Waals surface area contributed by atoms with E-state index < -0.39 is 0 Å². The summed E-state index contributed by atoms with van der Waals surface area (Å²) in [6, 6.07) is 0. The Balaban J connectivity index is 2.55. The summed E-state index contributed by atoms with van der Waals surface area (Å²) < 4.78 is 4.60. The van der Waals surface area contributed by atoms with Crippen molar-refractivity contribution in [1.82, 2.24) is 18.7 Å². The first-order valence-electron chi connectivity index (χ1n) is 9.25. The Kier molecular flexibility index (Phi) is 6.73. The van der Waals surface area contributed by atoms with Crippen molar-refractivity contribution in [3.05, 3.63) is 27.2 Å². The van der Waals surface area contributed by atoms with E-state index >= 15 is 0 Å². The second-order valence-corrected chi connectivity index (χ2v) is 6.39. The third-order valence-electron chi connectivity index (χ3n) is 4.33. The van der Waals surface area contributed by atoms with Crippen LogP contribution in [0.3, 0.4) is 0 Å². The van der Waals surface area contributed by atoms with Crippen LogP contribution in [0.5, 0.6) is 0 Å². The van der Waals surface area contributed by atoms with Gasteiger partial charge in [-0.25, -0.2) is 9.78 Å². The van der Waals surface area contributed by atoms with Gasteiger partial charge in [-0.2, -0.15) is 0 Å². The van der Waals surface area contributed by atoms with Crippen molar-refractivity contribution in [3.63, 3.8) is 0 Å². The van der Waals surface area contributed by atoms with E-state index in [0.717, 1.165) is 25.7 Å². The normalized spacial score (nSPS) is 11.3. The number of rotatable bonds is 10. The van der Waals surface area contributed by atoms with Crippen LogP contribution in [0.25, 0.3) is 11.2 Å². The van der Waals surface area contributed by atoms with E-state index in [-0.39, 0.29) is 30.0 Å². The number of nitrogens with zero attached hydrogens (tertiary/aromatic N) is 4. The Labute approximate surface area is 147 Å². The SMILES string of the molecule is CCCCn1c(=O)n(CCC(=O)CCC)c(=O)c2c1ncn2CCC. The largest absolute Gasteiger partial charge is 0.332 e. The maximum atomic E-state index is 12.9. The molecule has 2 rings (SSSR count). The van der Waals surface area contributed by atoms with E-state index in [0.29, 0.717) is 30.7 Å². The zero-order valence-corrected chi connectivity index (χ0v) is 15.5. The number of aryl methyl sites for hydroxylation is 2. The third-order valence-corrected chi connectivity index (χ3v) is 4.33. The Morgan fingerprint density at radius 2 is 1.72 bits per heavy atom. The fraction of sp³-hybridized carbons (Fsp3) is 0.667. The smallest absolute Gasteiger partial charge is 0.325 e. The number of fused-ring (bicyclic) bond motifs is 1. The molecule has 0 saturated heterocycles. The van der Waals surface area contributed by atoms with Crippen molar-refractivity contribution in [2.24, 2.45) is 0 Å². The molecular weight excluding hydrogens is 320 g/mol. The highest BCUT2D eigenvalue weighted by Gasteiger charge is 2.18. The molecule has 2 aromatic rings. The van der Waals surface area contributed by atoms with Gasteiger partial charge in [0.05, 0.1) is 6.33 Å². The highest BCUT2D eigenvalue weighted by atomic mass is 16.2. The summed E-state index contributed by atoms with van der Waals surface area (Å²) in [6.45, 7) is 7.36. The van der Waals surface area contributed by atoms with Crippen LogP contribution in [-0.4, -0.2) is 24.5 Å². The molecule has 0 fully saturated rings. The first-order valence-corrected chi connectivity index (χ1v) is 9.25. The molecule has 0 aliphatic rings. The van der Waals surface area contributed by atoms with Crippen LogP contribution < -0.4 is 11.2 Å². The molecule has 7 heteroatoms. The summed E-state index contributed by atoms with van der Waals surface area (Å²) in [5.74, 6) is 0.0797. The van der Waals surface area contributed by atoms with Crippen molar-refractivity contribution >= 4 is 16.9 Å². The second-order valence-electron chi connectivity index (χ2n) is 6.39. The molecule has 0 bridgehead atoms. The van der Waals surface area contributed by atoms with Gasteiger partial charge in [0.25, 0.3) is 5.56 Å². The van der Waals surface area contributed by atoms with Crippen LogP contribution >= 0.6 is 0 Å². The van der Waals surface area contributed by atoms with E-state index in [1.54, 1.807) is 10.9 Å². The van der Waals surface area contributed by atoms with Gasteiger partial charge in [0.15, 0.2) is 11.2 Å². The quantitative estimate of drug-likeness (QED) is 0.660. The number of unbranched alkanes of at least 4 members (excludes halogenated alkanes) is 1. The van der Waals surface area contributed by atoms with Crippen LogP contribution in [0.2, 0.25) is 0 Å². The molecule has 138 valence electrons. The fourth-order valence-corrected chi connectivity index (χ4v) is 3.00. The number of Topliss-reactive ketones (excluding diaryl/α,β-unsaturated/α-hetero) is 1. The molecule has 25 heavy (non-hydrogen) atoms. The Hall–Kier alpha value is -2.18. The van der Waals surface area contributed by atoms with Gasteiger partial charge in [0.2, 0.25) is 0 Å². The Morgan fingerprint density at radius 3 is 2.36 bits per heavy atom. The van der Waals surface area contributed by atoms with Gasteiger partial charge in [-0.3, -0.25) is 18.7 Å². The van der Waals surface area contributed by atoms with Crippen molar-refractivity contribution in [2.75, 3.05) is 0 Å². The Bertz CT molecular complexity index is 844. The number of imidazole rings is 1. The van der Waals surface area contributed by atoms with Crippen molar-refractivity contribution in [2.45, 2.75) is 78.9 Å². The lowest BCUT2D eigenvalue weighted by Crippen LogP contribution is -2.41. The van der Waals surface area contributed by atoms with Crippen molar-refractivity contribution < 1.29 is 4.79 Å². The van der Waals surface area contributed by atoms with Gasteiger partial charge >= 0.3 is 5.69 Å². The monoisotopic (exact) mass is 348 g/mol. The lowest BCUT2D eigenvalue weighted by Gasteiger charge is -2.12. The van der Waals surface area contributed by atoms with Crippen LogP contribution in [0, 0.1) is 0 Å². The third kappa shape index (κ3) is 4.08. The molecule has 7 nitrogen and oxygen atoms in total. The molecule has 0 N–H and O–H groups in total. The molecule has 0 spiro atoms. The van der Waals surface area contributed by atoms with E-state index in [9.17, 15) is 14.4 Å². The van der Waals surface area contributed by atoms with Crippen molar-refractivity contribution in [3.8, 4) is 0 Å². The molecule has 0 saturated carbocycles. The van der Waals surface area contributed by atoms with Crippen LogP contribution in [0.4, 0.5) is 0 Å². The zero-order valence-electron chi connectivity index (χ0n) is 15.5. The maximum Gasteiger partial charge on any atom is 0.332 e. The van der Waals surface area contributed by atoms with Crippen molar-refractivity contribution in [1.29, 1.82) is 0 Å². The second kappa shape index (κ2) is 8.78. The highest BCUT2D eigenvalue weighted by molar-refractivity contribution is 5.78. The average molecular weight is 348 g/mol. The first-order chi connectivity index (χ1) is 12.0. The first kappa shape index (κ1) is 19.1. The lowest BCUT2D eigenvalue weighted by atomic mass is 10.2. The molecule has 0 amide bonds. The number of ketones is 1. The highest BCUT2D eigenvalue weighted by Crippen LogP contribution is 2.09. The molecule has 0 radical (unpaired) electrons. The summed E-state index contributed by atoms with van der Waals surface area (Å²) in [5, 5.41) is 0. The maximum absolute atomic E-state index is 12.9. The van der Waals surface area contributed by atoms with Crippen LogP contribution in [-0.2, 0) is 24.4 Å². The fourth-order valence-electron chi connectivity index (χ4n) is 3.00. The molecule has 0 atom stereocenters. The molecular formula is C18H28N4O3. The average Bonchev–Trinajstić information content (AvgIpc) is 2.99. The summed E-state index contributed by atoms with van der Waals surface area (Å²) in [6.07, 6.45) is 5.74. The number of hydrogen-bond donors (Lipinski definition) is 0. The molecule has 2 aromatic heterocycles. The molecule has 0 aromatic carbocycles.